The van der Waals surface area contributed by atoms with Crippen molar-refractivity contribution in [1.29, 1.82) is 0 Å². The van der Waals surface area contributed by atoms with Crippen molar-refractivity contribution in [3.8, 4) is 0 Å². The molecule has 0 atom stereocenters. The van der Waals surface area contributed by atoms with Crippen LogP contribution in [0.15, 0.2) is 46.9 Å². The largest absolute Gasteiger partial charge is 0.398 e. The average Bonchev–Trinajstić information content (AvgIpc) is 2.40. The van der Waals surface area contributed by atoms with Gasteiger partial charge in [0, 0.05) is 16.7 Å². The molecule has 19 heavy (non-hydrogen) atoms. The van der Waals surface area contributed by atoms with Gasteiger partial charge >= 0.3 is 0 Å². The van der Waals surface area contributed by atoms with Crippen molar-refractivity contribution in [2.75, 3.05) is 5.73 Å². The average molecular weight is 319 g/mol. The summed E-state index contributed by atoms with van der Waals surface area (Å²) in [6, 6.07) is 13.2. The van der Waals surface area contributed by atoms with E-state index in [9.17, 15) is 4.79 Å². The first kappa shape index (κ1) is 13.6. The van der Waals surface area contributed by atoms with E-state index in [1.54, 1.807) is 12.1 Å². The number of rotatable bonds is 3. The molecule has 0 bridgehead atoms. The van der Waals surface area contributed by atoms with Crippen LogP contribution in [0.3, 0.4) is 0 Å². The Hall–Kier alpha value is -1.81. The van der Waals surface area contributed by atoms with Crippen molar-refractivity contribution >= 4 is 27.5 Å². The van der Waals surface area contributed by atoms with Crippen LogP contribution in [0.1, 0.15) is 21.5 Å². The van der Waals surface area contributed by atoms with E-state index in [1.807, 2.05) is 37.3 Å². The molecule has 0 spiro atoms. The number of carbonyl (C=O) groups is 1. The van der Waals surface area contributed by atoms with Gasteiger partial charge < -0.3 is 11.1 Å². The van der Waals surface area contributed by atoms with Gasteiger partial charge in [-0.3, -0.25) is 4.79 Å². The number of anilines is 1. The summed E-state index contributed by atoms with van der Waals surface area (Å²) in [4.78, 5) is 12.1. The Kier molecular flexibility index (Phi) is 4.22. The van der Waals surface area contributed by atoms with Gasteiger partial charge in [-0.15, -0.1) is 0 Å². The highest BCUT2D eigenvalue weighted by atomic mass is 79.9. The molecule has 0 unspecified atom stereocenters. The first-order valence-corrected chi connectivity index (χ1v) is 6.75. The lowest BCUT2D eigenvalue weighted by molar-refractivity contribution is 0.0951. The second-order valence-electron chi connectivity index (χ2n) is 4.34. The highest BCUT2D eigenvalue weighted by Gasteiger charge is 2.10. The first-order valence-electron chi connectivity index (χ1n) is 5.95. The molecule has 98 valence electrons. The molecule has 0 fully saturated rings. The lowest BCUT2D eigenvalue weighted by atomic mass is 10.1. The predicted molar refractivity (Wildman–Crippen MR) is 80.9 cm³/mol. The maximum Gasteiger partial charge on any atom is 0.253 e. The number of amides is 1. The molecule has 4 heteroatoms. The van der Waals surface area contributed by atoms with Crippen LogP contribution in [0.2, 0.25) is 0 Å². The third-order valence-corrected chi connectivity index (χ3v) is 3.45. The minimum atomic E-state index is -0.165. The maximum atomic E-state index is 12.1. The van der Waals surface area contributed by atoms with Gasteiger partial charge in [-0.05, 0) is 36.2 Å². The van der Waals surface area contributed by atoms with Crippen molar-refractivity contribution in [3.63, 3.8) is 0 Å². The van der Waals surface area contributed by atoms with Crippen LogP contribution in [0.25, 0.3) is 0 Å². The normalized spacial score (nSPS) is 10.2. The minimum absolute atomic E-state index is 0.165. The molecule has 0 saturated heterocycles. The number of hydrogen-bond donors (Lipinski definition) is 2. The van der Waals surface area contributed by atoms with Gasteiger partial charge in [0.15, 0.2) is 0 Å². The molecule has 2 rings (SSSR count). The molecular formula is C15H15BrN2O. The van der Waals surface area contributed by atoms with Crippen molar-refractivity contribution < 1.29 is 4.79 Å². The van der Waals surface area contributed by atoms with Crippen LogP contribution in [-0.4, -0.2) is 5.91 Å². The van der Waals surface area contributed by atoms with Gasteiger partial charge in [0.1, 0.15) is 0 Å². The summed E-state index contributed by atoms with van der Waals surface area (Å²) in [6.07, 6.45) is 0. The highest BCUT2D eigenvalue weighted by Crippen LogP contribution is 2.18. The molecule has 1 amide bonds. The number of nitrogens with one attached hydrogen (secondary N) is 1. The zero-order valence-corrected chi connectivity index (χ0v) is 12.2. The molecule has 0 aromatic heterocycles. The first-order chi connectivity index (χ1) is 9.08. The summed E-state index contributed by atoms with van der Waals surface area (Å²) in [6.45, 7) is 2.52. The van der Waals surface area contributed by atoms with Crippen LogP contribution < -0.4 is 11.1 Å². The van der Waals surface area contributed by atoms with Gasteiger partial charge in [-0.2, -0.15) is 0 Å². The van der Waals surface area contributed by atoms with Crippen LogP contribution in [0, 0.1) is 6.92 Å². The molecule has 3 N–H and O–H groups in total. The van der Waals surface area contributed by atoms with E-state index in [0.29, 0.717) is 17.8 Å². The van der Waals surface area contributed by atoms with E-state index < -0.39 is 0 Å². The van der Waals surface area contributed by atoms with Crippen molar-refractivity contribution in [2.24, 2.45) is 0 Å². The number of nitrogen functional groups attached to an aromatic ring is 1. The number of halogens is 1. The van der Waals surface area contributed by atoms with E-state index in [0.717, 1.165) is 15.6 Å². The zero-order chi connectivity index (χ0) is 13.8. The van der Waals surface area contributed by atoms with Crippen LogP contribution in [0.5, 0.6) is 0 Å². The standard InChI is InChI=1S/C15H15BrN2O/c1-10-4-2-3-5-11(10)9-18-15(19)13-8-12(16)6-7-14(13)17/h2-8H,9,17H2,1H3,(H,18,19). The Labute approximate surface area is 121 Å². The molecule has 0 saturated carbocycles. The zero-order valence-electron chi connectivity index (χ0n) is 10.6. The monoisotopic (exact) mass is 318 g/mol. The second-order valence-corrected chi connectivity index (χ2v) is 5.26. The van der Waals surface area contributed by atoms with Crippen molar-refractivity contribution in [2.45, 2.75) is 13.5 Å². The Morgan fingerprint density at radius 2 is 2.00 bits per heavy atom. The Balaban J connectivity index is 2.10. The van der Waals surface area contributed by atoms with E-state index >= 15 is 0 Å². The topological polar surface area (TPSA) is 55.1 Å². The van der Waals surface area contributed by atoms with Crippen molar-refractivity contribution in [3.05, 3.63) is 63.6 Å². The van der Waals surface area contributed by atoms with Gasteiger partial charge in [-0.1, -0.05) is 40.2 Å². The predicted octanol–water partition coefficient (Wildman–Crippen LogP) is 3.27. The summed E-state index contributed by atoms with van der Waals surface area (Å²) < 4.78 is 0.836. The number of nitrogens with two attached hydrogens (primary N) is 1. The van der Waals surface area contributed by atoms with Crippen LogP contribution in [-0.2, 0) is 6.54 Å². The van der Waals surface area contributed by atoms with E-state index in [4.69, 9.17) is 5.73 Å². The fourth-order valence-electron chi connectivity index (χ4n) is 1.80. The Bertz CT molecular complexity index is 611. The molecule has 2 aromatic carbocycles. The number of benzene rings is 2. The lowest BCUT2D eigenvalue weighted by Gasteiger charge is -2.09. The molecule has 3 nitrogen and oxygen atoms in total. The Morgan fingerprint density at radius 1 is 1.26 bits per heavy atom. The lowest BCUT2D eigenvalue weighted by Crippen LogP contribution is -2.24. The van der Waals surface area contributed by atoms with Gasteiger partial charge in [0.2, 0.25) is 0 Å². The fraction of sp³-hybridized carbons (Fsp3) is 0.133. The SMILES string of the molecule is Cc1ccccc1CNC(=O)c1cc(Br)ccc1N. The molecule has 0 radical (unpaired) electrons. The van der Waals surface area contributed by atoms with E-state index in [2.05, 4.69) is 21.2 Å². The smallest absolute Gasteiger partial charge is 0.253 e. The highest BCUT2D eigenvalue weighted by molar-refractivity contribution is 9.10. The molecule has 0 aliphatic heterocycles. The number of carbonyl (C=O) groups excluding carboxylic acids is 1. The third-order valence-electron chi connectivity index (χ3n) is 2.96. The van der Waals surface area contributed by atoms with Crippen LogP contribution >= 0.6 is 15.9 Å². The second kappa shape index (κ2) is 5.89. The van der Waals surface area contributed by atoms with E-state index in [-0.39, 0.29) is 5.91 Å². The minimum Gasteiger partial charge on any atom is -0.398 e. The summed E-state index contributed by atoms with van der Waals surface area (Å²) >= 11 is 3.34. The Morgan fingerprint density at radius 3 is 2.74 bits per heavy atom. The summed E-state index contributed by atoms with van der Waals surface area (Å²) in [5.74, 6) is -0.165. The van der Waals surface area contributed by atoms with Crippen molar-refractivity contribution in [1.82, 2.24) is 5.32 Å². The summed E-state index contributed by atoms with van der Waals surface area (Å²) in [7, 11) is 0. The van der Waals surface area contributed by atoms with Gasteiger partial charge in [0.25, 0.3) is 5.91 Å². The molecule has 0 aliphatic carbocycles. The quantitative estimate of drug-likeness (QED) is 0.853. The number of hydrogen-bond acceptors (Lipinski definition) is 2. The van der Waals surface area contributed by atoms with Crippen LogP contribution in [0.4, 0.5) is 5.69 Å². The van der Waals surface area contributed by atoms with E-state index in [1.165, 1.54) is 0 Å². The molecule has 0 heterocycles. The third kappa shape index (κ3) is 3.35. The number of aryl methyl sites for hydroxylation is 1. The molecule has 0 aliphatic rings. The van der Waals surface area contributed by atoms with Gasteiger partial charge in [-0.25, -0.2) is 0 Å². The molecule has 2 aromatic rings. The van der Waals surface area contributed by atoms with Gasteiger partial charge in [0.05, 0.1) is 5.56 Å². The molecular weight excluding hydrogens is 304 g/mol. The fourth-order valence-corrected chi connectivity index (χ4v) is 2.17. The summed E-state index contributed by atoms with van der Waals surface area (Å²) in [5.41, 5.74) is 9.03. The maximum absolute atomic E-state index is 12.1. The summed E-state index contributed by atoms with van der Waals surface area (Å²) in [5, 5.41) is 2.88.